The molecular formula is C14H13N5O2. The van der Waals surface area contributed by atoms with Gasteiger partial charge in [0.2, 0.25) is 5.91 Å². The van der Waals surface area contributed by atoms with Crippen molar-refractivity contribution in [3.8, 4) is 5.69 Å². The molecule has 3 rings (SSSR count). The molecule has 0 unspecified atom stereocenters. The van der Waals surface area contributed by atoms with E-state index in [0.717, 1.165) is 5.69 Å². The molecule has 0 atom stereocenters. The van der Waals surface area contributed by atoms with Crippen molar-refractivity contribution < 1.29 is 9.59 Å². The predicted molar refractivity (Wildman–Crippen MR) is 77.0 cm³/mol. The van der Waals surface area contributed by atoms with E-state index < -0.39 is 0 Å². The minimum absolute atomic E-state index is 0.177. The number of para-hydroxylation sites is 2. The molecule has 0 saturated heterocycles. The van der Waals surface area contributed by atoms with Gasteiger partial charge in [0.15, 0.2) is 0 Å². The lowest BCUT2D eigenvalue weighted by molar-refractivity contribution is -0.121. The summed E-state index contributed by atoms with van der Waals surface area (Å²) in [5, 5.41) is 10.7. The Kier molecular flexibility index (Phi) is 3.46. The molecule has 1 aliphatic rings. The van der Waals surface area contributed by atoms with Crippen LogP contribution in [0.2, 0.25) is 0 Å². The smallest absolute Gasteiger partial charge is 0.271 e. The molecule has 2 aromatic rings. The summed E-state index contributed by atoms with van der Waals surface area (Å²) in [4.78, 5) is 23.2. The topological polar surface area (TPSA) is 88.4 Å². The SMILES string of the molecule is O=C1CCC(C(=O)Nc2ccccc2-n2cccn2)=NN1. The number of nitrogens with zero attached hydrogens (tertiary/aromatic N) is 3. The van der Waals surface area contributed by atoms with Crippen LogP contribution in [0.4, 0.5) is 5.69 Å². The van der Waals surface area contributed by atoms with Crippen LogP contribution in [0.1, 0.15) is 12.8 Å². The maximum atomic E-state index is 12.2. The predicted octanol–water partition coefficient (Wildman–Crippen LogP) is 1.08. The second-order valence-electron chi connectivity index (χ2n) is 4.52. The van der Waals surface area contributed by atoms with Gasteiger partial charge in [0.1, 0.15) is 5.71 Å². The van der Waals surface area contributed by atoms with Crippen LogP contribution in [-0.4, -0.2) is 27.3 Å². The molecule has 1 aromatic heterocycles. The first-order valence-electron chi connectivity index (χ1n) is 6.50. The van der Waals surface area contributed by atoms with E-state index in [2.05, 4.69) is 20.9 Å². The third kappa shape index (κ3) is 2.81. The van der Waals surface area contributed by atoms with Crippen LogP contribution in [0.3, 0.4) is 0 Å². The molecule has 2 heterocycles. The normalized spacial score (nSPS) is 14.3. The molecule has 0 spiro atoms. The highest BCUT2D eigenvalue weighted by Crippen LogP contribution is 2.19. The summed E-state index contributed by atoms with van der Waals surface area (Å²) < 4.78 is 1.67. The summed E-state index contributed by atoms with van der Waals surface area (Å²) in [6.07, 6.45) is 4.07. The molecule has 2 amide bonds. The zero-order chi connectivity index (χ0) is 14.7. The van der Waals surface area contributed by atoms with E-state index in [0.29, 0.717) is 17.8 Å². The highest BCUT2D eigenvalue weighted by atomic mass is 16.2. The molecule has 21 heavy (non-hydrogen) atoms. The van der Waals surface area contributed by atoms with Gasteiger partial charge in [-0.2, -0.15) is 10.2 Å². The number of rotatable bonds is 3. The van der Waals surface area contributed by atoms with Gasteiger partial charge in [-0.1, -0.05) is 12.1 Å². The van der Waals surface area contributed by atoms with Crippen molar-refractivity contribution in [3.05, 3.63) is 42.7 Å². The third-order valence-corrected chi connectivity index (χ3v) is 3.07. The number of carbonyl (C=O) groups excluding carboxylic acids is 2. The van der Waals surface area contributed by atoms with Crippen LogP contribution in [0.5, 0.6) is 0 Å². The highest BCUT2D eigenvalue weighted by Gasteiger charge is 2.19. The summed E-state index contributed by atoms with van der Waals surface area (Å²) in [7, 11) is 0. The lowest BCUT2D eigenvalue weighted by Gasteiger charge is -2.14. The Balaban J connectivity index is 1.82. The first-order valence-corrected chi connectivity index (χ1v) is 6.50. The van der Waals surface area contributed by atoms with E-state index in [9.17, 15) is 9.59 Å². The highest BCUT2D eigenvalue weighted by molar-refractivity contribution is 6.43. The molecule has 1 aliphatic heterocycles. The zero-order valence-electron chi connectivity index (χ0n) is 11.1. The molecule has 7 heteroatoms. The summed E-state index contributed by atoms with van der Waals surface area (Å²) >= 11 is 0. The van der Waals surface area contributed by atoms with Crippen molar-refractivity contribution in [2.24, 2.45) is 5.10 Å². The Morgan fingerprint density at radius 1 is 1.24 bits per heavy atom. The van der Waals surface area contributed by atoms with Crippen molar-refractivity contribution in [2.45, 2.75) is 12.8 Å². The maximum absolute atomic E-state index is 12.2. The molecule has 7 nitrogen and oxygen atoms in total. The molecule has 0 radical (unpaired) electrons. The third-order valence-electron chi connectivity index (χ3n) is 3.07. The first-order chi connectivity index (χ1) is 10.2. The van der Waals surface area contributed by atoms with Gasteiger partial charge in [0.25, 0.3) is 5.91 Å². The number of anilines is 1. The molecule has 0 aliphatic carbocycles. The number of hydrazone groups is 1. The second kappa shape index (κ2) is 5.58. The number of benzene rings is 1. The van der Waals surface area contributed by atoms with Gasteiger partial charge in [0.05, 0.1) is 11.4 Å². The van der Waals surface area contributed by atoms with Gasteiger partial charge in [-0.05, 0) is 18.2 Å². The number of hydrogen-bond acceptors (Lipinski definition) is 4. The summed E-state index contributed by atoms with van der Waals surface area (Å²) in [6, 6.07) is 9.14. The van der Waals surface area contributed by atoms with Crippen molar-refractivity contribution in [3.63, 3.8) is 0 Å². The minimum Gasteiger partial charge on any atom is -0.319 e. The van der Waals surface area contributed by atoms with Crippen LogP contribution < -0.4 is 10.7 Å². The average Bonchev–Trinajstić information content (AvgIpc) is 3.02. The van der Waals surface area contributed by atoms with E-state index in [1.54, 1.807) is 29.2 Å². The van der Waals surface area contributed by atoms with Crippen LogP contribution in [0.25, 0.3) is 5.69 Å². The molecule has 0 bridgehead atoms. The molecular weight excluding hydrogens is 270 g/mol. The molecule has 0 fully saturated rings. The van der Waals surface area contributed by atoms with E-state index in [1.807, 2.05) is 18.2 Å². The Morgan fingerprint density at radius 2 is 2.10 bits per heavy atom. The van der Waals surface area contributed by atoms with E-state index in [1.165, 1.54) is 0 Å². The van der Waals surface area contributed by atoms with Gasteiger partial charge in [-0.3, -0.25) is 9.59 Å². The summed E-state index contributed by atoms with van der Waals surface area (Å²) in [6.45, 7) is 0. The summed E-state index contributed by atoms with van der Waals surface area (Å²) in [5.41, 5.74) is 4.01. The second-order valence-corrected chi connectivity index (χ2v) is 4.52. The number of amides is 2. The molecule has 0 saturated carbocycles. The van der Waals surface area contributed by atoms with Gasteiger partial charge in [-0.25, -0.2) is 10.1 Å². The standard InChI is InChI=1S/C14H13N5O2/c20-13-7-6-11(17-18-13)14(21)16-10-4-1-2-5-12(10)19-9-3-8-15-19/h1-5,8-9H,6-7H2,(H,16,21)(H,18,20). The number of carbonyl (C=O) groups is 2. The van der Waals surface area contributed by atoms with Gasteiger partial charge >= 0.3 is 0 Å². The fourth-order valence-corrected chi connectivity index (χ4v) is 2.02. The maximum Gasteiger partial charge on any atom is 0.271 e. The molecule has 2 N–H and O–H groups in total. The van der Waals surface area contributed by atoms with Crippen molar-refractivity contribution in [2.75, 3.05) is 5.32 Å². The minimum atomic E-state index is -0.324. The van der Waals surface area contributed by atoms with E-state index >= 15 is 0 Å². The zero-order valence-corrected chi connectivity index (χ0v) is 11.1. The Morgan fingerprint density at radius 3 is 2.81 bits per heavy atom. The molecule has 1 aromatic carbocycles. The number of hydrogen-bond donors (Lipinski definition) is 2. The average molecular weight is 283 g/mol. The van der Waals surface area contributed by atoms with Crippen molar-refractivity contribution in [1.82, 2.24) is 15.2 Å². The first kappa shape index (κ1) is 13.0. The van der Waals surface area contributed by atoms with Crippen LogP contribution in [-0.2, 0) is 9.59 Å². The van der Waals surface area contributed by atoms with Crippen LogP contribution in [0, 0.1) is 0 Å². The van der Waals surface area contributed by atoms with Crippen molar-refractivity contribution in [1.29, 1.82) is 0 Å². The Hall–Kier alpha value is -2.96. The van der Waals surface area contributed by atoms with E-state index in [4.69, 9.17) is 0 Å². The van der Waals surface area contributed by atoms with Crippen LogP contribution >= 0.6 is 0 Å². The lowest BCUT2D eigenvalue weighted by atomic mass is 10.1. The van der Waals surface area contributed by atoms with Gasteiger partial charge in [0, 0.05) is 25.2 Å². The fraction of sp³-hybridized carbons (Fsp3) is 0.143. The van der Waals surface area contributed by atoms with Crippen LogP contribution in [0.15, 0.2) is 47.8 Å². The fourth-order valence-electron chi connectivity index (χ4n) is 2.02. The Bertz CT molecular complexity index is 706. The number of aromatic nitrogens is 2. The lowest BCUT2D eigenvalue weighted by Crippen LogP contribution is -2.33. The van der Waals surface area contributed by atoms with Gasteiger partial charge in [-0.15, -0.1) is 0 Å². The number of nitrogens with one attached hydrogen (secondary N) is 2. The van der Waals surface area contributed by atoms with Gasteiger partial charge < -0.3 is 5.32 Å². The summed E-state index contributed by atoms with van der Waals surface area (Å²) in [5.74, 6) is -0.502. The largest absolute Gasteiger partial charge is 0.319 e. The molecule has 106 valence electrons. The van der Waals surface area contributed by atoms with E-state index in [-0.39, 0.29) is 18.2 Å². The Labute approximate surface area is 120 Å². The van der Waals surface area contributed by atoms with Crippen molar-refractivity contribution >= 4 is 23.2 Å². The quantitative estimate of drug-likeness (QED) is 0.883. The monoisotopic (exact) mass is 283 g/mol.